The van der Waals surface area contributed by atoms with Gasteiger partial charge >= 0.3 is 0 Å². The molecule has 0 aromatic carbocycles. The van der Waals surface area contributed by atoms with Gasteiger partial charge in [-0.15, -0.1) is 0 Å². The van der Waals surface area contributed by atoms with Gasteiger partial charge in [0.25, 0.3) is 0 Å². The molecule has 0 radical (unpaired) electrons. The van der Waals surface area contributed by atoms with Gasteiger partial charge in [-0.3, -0.25) is 0 Å². The third-order valence-electron chi connectivity index (χ3n) is 8.20. The molecule has 4 heterocycles. The van der Waals surface area contributed by atoms with Crippen molar-refractivity contribution in [3.8, 4) is 0 Å². The van der Waals surface area contributed by atoms with Gasteiger partial charge in [0.2, 0.25) is 0 Å². The fraction of sp³-hybridized carbons (Fsp3) is 1.00. The standard InChI is InChI=1S/C24H42O21/c25-1-5-9(29)10(30)15(35)22(40-5)44-19-7(3-27)42-24(17(37)12(19)32)45-20-8(4-28)41-23(16(36)13(20)33)43-18-6(2-26)39-21(38)14(34)11(18)31/h5-38H,1-4H2/t5-,6-,7-,8-,9-,10+,11-,12-,13-,14-,15+,16+,17+,18-,19-,20-,21-,22-,23-,24-/m1/s1. The summed E-state index contributed by atoms with van der Waals surface area (Å²) in [6.45, 7) is -3.39. The molecule has 20 atom stereocenters. The first kappa shape index (κ1) is 37.0. The van der Waals surface area contributed by atoms with Gasteiger partial charge in [-0.1, -0.05) is 0 Å². The number of hydrogen-bond acceptors (Lipinski definition) is 21. The van der Waals surface area contributed by atoms with Crippen LogP contribution < -0.4 is 0 Å². The molecule has 0 aromatic heterocycles. The van der Waals surface area contributed by atoms with Crippen LogP contribution in [0.5, 0.6) is 0 Å². The Balaban J connectivity index is 1.43. The Morgan fingerprint density at radius 2 is 0.644 bits per heavy atom. The molecule has 4 aliphatic heterocycles. The van der Waals surface area contributed by atoms with Crippen molar-refractivity contribution in [1.82, 2.24) is 0 Å². The fourth-order valence-corrected chi connectivity index (χ4v) is 5.55. The minimum Gasteiger partial charge on any atom is -0.394 e. The van der Waals surface area contributed by atoms with Crippen LogP contribution in [0.4, 0.5) is 0 Å². The van der Waals surface area contributed by atoms with E-state index in [0.717, 1.165) is 0 Å². The van der Waals surface area contributed by atoms with Crippen molar-refractivity contribution in [3.63, 3.8) is 0 Å². The summed E-state index contributed by atoms with van der Waals surface area (Å²) < 4.78 is 37.7. The average molecular weight is 667 g/mol. The SMILES string of the molecule is OC[C@H]1O[C@H](O[C@H]2[C@H](O)[C@H](O)[C@@H](O[C@H]3[C@H](O)[C@H](O)[C@@H](O[C@H]4[C@H](O)[C@@H](O)[C@H](O)O[C@@H]4CO)O[C@@H]3CO)O[C@@H]2CO)[C@@H](O)[C@@H](O)[C@@H]1O. The molecule has 0 spiro atoms. The lowest BCUT2D eigenvalue weighted by Gasteiger charge is -2.49. The molecule has 0 saturated carbocycles. The molecule has 0 aliphatic carbocycles. The second-order valence-electron chi connectivity index (χ2n) is 11.1. The molecule has 45 heavy (non-hydrogen) atoms. The average Bonchev–Trinajstić information content (AvgIpc) is 3.03. The number of hydrogen-bond donors (Lipinski definition) is 14. The van der Waals surface area contributed by atoms with Crippen LogP contribution in [0.15, 0.2) is 0 Å². The van der Waals surface area contributed by atoms with E-state index in [9.17, 15) is 71.5 Å². The molecule has 0 aromatic rings. The number of aliphatic hydroxyl groups is 14. The fourth-order valence-electron chi connectivity index (χ4n) is 5.55. The van der Waals surface area contributed by atoms with E-state index >= 15 is 0 Å². The van der Waals surface area contributed by atoms with Gasteiger partial charge in [0.15, 0.2) is 25.2 Å². The van der Waals surface area contributed by atoms with Crippen LogP contribution in [0.25, 0.3) is 0 Å². The Kier molecular flexibility index (Phi) is 12.8. The lowest BCUT2D eigenvalue weighted by atomic mass is 9.95. The van der Waals surface area contributed by atoms with Crippen LogP contribution in [0.1, 0.15) is 0 Å². The Morgan fingerprint density at radius 3 is 1.02 bits per heavy atom. The lowest BCUT2D eigenvalue weighted by molar-refractivity contribution is -0.387. The van der Waals surface area contributed by atoms with E-state index in [1.54, 1.807) is 0 Å². The van der Waals surface area contributed by atoms with Crippen LogP contribution in [0, 0.1) is 0 Å². The zero-order chi connectivity index (χ0) is 33.3. The normalized spacial score (nSPS) is 52.9. The smallest absolute Gasteiger partial charge is 0.187 e. The highest BCUT2D eigenvalue weighted by atomic mass is 16.8. The van der Waals surface area contributed by atoms with Gasteiger partial charge in [-0.05, 0) is 0 Å². The van der Waals surface area contributed by atoms with Crippen molar-refractivity contribution in [1.29, 1.82) is 0 Å². The molecule has 14 N–H and O–H groups in total. The van der Waals surface area contributed by atoms with Crippen molar-refractivity contribution in [2.24, 2.45) is 0 Å². The first-order valence-electron chi connectivity index (χ1n) is 14.1. The lowest BCUT2D eigenvalue weighted by Crippen LogP contribution is -2.67. The van der Waals surface area contributed by atoms with Gasteiger partial charge in [0.1, 0.15) is 97.7 Å². The van der Waals surface area contributed by atoms with E-state index in [1.165, 1.54) is 0 Å². The summed E-state index contributed by atoms with van der Waals surface area (Å²) in [4.78, 5) is 0. The molecule has 21 heteroatoms. The predicted molar refractivity (Wildman–Crippen MR) is 134 cm³/mol. The highest BCUT2D eigenvalue weighted by Crippen LogP contribution is 2.34. The minimum absolute atomic E-state index is 0.784. The Morgan fingerprint density at radius 1 is 0.333 bits per heavy atom. The summed E-state index contributed by atoms with van der Waals surface area (Å²) in [5.41, 5.74) is 0. The number of rotatable bonds is 10. The third-order valence-corrected chi connectivity index (χ3v) is 8.20. The maximum Gasteiger partial charge on any atom is 0.187 e. The molecular weight excluding hydrogens is 624 g/mol. The summed E-state index contributed by atoms with van der Waals surface area (Å²) in [7, 11) is 0. The van der Waals surface area contributed by atoms with Crippen molar-refractivity contribution in [2.75, 3.05) is 26.4 Å². The van der Waals surface area contributed by atoms with E-state index < -0.39 is 149 Å². The first-order valence-corrected chi connectivity index (χ1v) is 14.1. The molecule has 0 bridgehead atoms. The van der Waals surface area contributed by atoms with Crippen LogP contribution in [-0.4, -0.2) is 221 Å². The molecule has 4 saturated heterocycles. The zero-order valence-corrected chi connectivity index (χ0v) is 23.5. The molecule has 0 unspecified atom stereocenters. The van der Waals surface area contributed by atoms with E-state index in [0.29, 0.717) is 0 Å². The van der Waals surface area contributed by atoms with Crippen molar-refractivity contribution in [2.45, 2.75) is 123 Å². The van der Waals surface area contributed by atoms with Gasteiger partial charge in [0.05, 0.1) is 26.4 Å². The summed E-state index contributed by atoms with van der Waals surface area (Å²) in [6.07, 6.45) is -35.3. The van der Waals surface area contributed by atoms with E-state index in [1.807, 2.05) is 0 Å². The topological polar surface area (TPSA) is 348 Å². The monoisotopic (exact) mass is 666 g/mol. The molecule has 264 valence electrons. The molecule has 4 aliphatic rings. The minimum atomic E-state index is -2.02. The predicted octanol–water partition coefficient (Wildman–Crippen LogP) is -9.75. The maximum atomic E-state index is 10.9. The van der Waals surface area contributed by atoms with Crippen molar-refractivity contribution >= 4 is 0 Å². The van der Waals surface area contributed by atoms with Crippen molar-refractivity contribution in [3.05, 3.63) is 0 Å². The molecule has 4 rings (SSSR count). The Labute approximate surface area is 254 Å². The van der Waals surface area contributed by atoms with E-state index in [-0.39, 0.29) is 0 Å². The second-order valence-corrected chi connectivity index (χ2v) is 11.1. The van der Waals surface area contributed by atoms with E-state index in [4.69, 9.17) is 33.2 Å². The second kappa shape index (κ2) is 15.6. The third kappa shape index (κ3) is 7.44. The summed E-state index contributed by atoms with van der Waals surface area (Å²) in [6, 6.07) is 0. The first-order chi connectivity index (χ1) is 21.3. The van der Waals surface area contributed by atoms with Crippen LogP contribution >= 0.6 is 0 Å². The number of aliphatic hydroxyl groups excluding tert-OH is 14. The van der Waals surface area contributed by atoms with Gasteiger partial charge < -0.3 is 105 Å². The van der Waals surface area contributed by atoms with Crippen LogP contribution in [-0.2, 0) is 33.2 Å². The summed E-state index contributed by atoms with van der Waals surface area (Å²) in [5, 5.41) is 142. The van der Waals surface area contributed by atoms with Gasteiger partial charge in [0, 0.05) is 0 Å². The molecule has 0 amide bonds. The molecular formula is C24H42O21. The molecule has 4 fully saturated rings. The van der Waals surface area contributed by atoms with E-state index in [2.05, 4.69) is 0 Å². The van der Waals surface area contributed by atoms with Gasteiger partial charge in [-0.2, -0.15) is 0 Å². The quantitative estimate of drug-likeness (QED) is 0.103. The largest absolute Gasteiger partial charge is 0.394 e. The van der Waals surface area contributed by atoms with Crippen LogP contribution in [0.2, 0.25) is 0 Å². The van der Waals surface area contributed by atoms with Crippen molar-refractivity contribution < 1.29 is 105 Å². The zero-order valence-electron chi connectivity index (χ0n) is 23.5. The number of ether oxygens (including phenoxy) is 7. The highest BCUT2D eigenvalue weighted by Gasteiger charge is 2.55. The van der Waals surface area contributed by atoms with Crippen LogP contribution in [0.3, 0.4) is 0 Å². The summed E-state index contributed by atoms with van der Waals surface area (Å²) >= 11 is 0. The Hall–Kier alpha value is -0.840. The highest BCUT2D eigenvalue weighted by molar-refractivity contribution is 4.97. The molecule has 21 nitrogen and oxygen atoms in total. The summed E-state index contributed by atoms with van der Waals surface area (Å²) in [5.74, 6) is 0. The van der Waals surface area contributed by atoms with Gasteiger partial charge in [-0.25, -0.2) is 0 Å². The Bertz CT molecular complexity index is 910. The maximum absolute atomic E-state index is 10.9.